The lowest BCUT2D eigenvalue weighted by molar-refractivity contribution is -0.123. The Labute approximate surface area is 149 Å². The molecule has 5 nitrogen and oxygen atoms in total. The minimum Gasteiger partial charge on any atom is -0.354 e. The predicted octanol–water partition coefficient (Wildman–Crippen LogP) is 2.91. The average Bonchev–Trinajstić information content (AvgIpc) is 2.56. The molecular weight excluding hydrogens is 336 g/mol. The first kappa shape index (κ1) is 19.4. The van der Waals surface area contributed by atoms with Gasteiger partial charge in [0.2, 0.25) is 15.9 Å². The topological polar surface area (TPSA) is 75.3 Å². The van der Waals surface area contributed by atoms with Crippen molar-refractivity contribution in [3.05, 3.63) is 42.5 Å². The minimum absolute atomic E-state index is 0.161. The molecule has 0 aliphatic carbocycles. The fourth-order valence-electron chi connectivity index (χ4n) is 2.48. The van der Waals surface area contributed by atoms with Gasteiger partial charge in [0.05, 0.1) is 4.90 Å². The molecule has 0 bridgehead atoms. The summed E-state index contributed by atoms with van der Waals surface area (Å²) >= 11 is 0. The van der Waals surface area contributed by atoms with Crippen molar-refractivity contribution in [3.8, 4) is 0 Å². The molecule has 25 heavy (non-hydrogen) atoms. The molecule has 0 radical (unpaired) electrons. The van der Waals surface area contributed by atoms with E-state index >= 15 is 0 Å². The van der Waals surface area contributed by atoms with E-state index < -0.39 is 16.1 Å². The Bertz CT molecular complexity index is 845. The van der Waals surface area contributed by atoms with Crippen LogP contribution >= 0.6 is 0 Å². The van der Waals surface area contributed by atoms with E-state index in [2.05, 4.69) is 10.0 Å². The zero-order valence-corrected chi connectivity index (χ0v) is 15.9. The zero-order valence-electron chi connectivity index (χ0n) is 15.1. The van der Waals surface area contributed by atoms with Crippen LogP contribution in [0.25, 0.3) is 10.8 Å². The van der Waals surface area contributed by atoms with Gasteiger partial charge in [0, 0.05) is 6.54 Å². The first-order valence-corrected chi connectivity index (χ1v) is 9.98. The van der Waals surface area contributed by atoms with Gasteiger partial charge in [0.1, 0.15) is 6.04 Å². The van der Waals surface area contributed by atoms with E-state index in [0.717, 1.165) is 10.8 Å². The molecule has 136 valence electrons. The Morgan fingerprint density at radius 2 is 1.64 bits per heavy atom. The van der Waals surface area contributed by atoms with Gasteiger partial charge < -0.3 is 5.32 Å². The van der Waals surface area contributed by atoms with Gasteiger partial charge in [-0.1, -0.05) is 58.0 Å². The largest absolute Gasteiger partial charge is 0.354 e. The molecule has 0 fully saturated rings. The smallest absolute Gasteiger partial charge is 0.241 e. The van der Waals surface area contributed by atoms with Crippen LogP contribution in [0.5, 0.6) is 0 Å². The number of fused-ring (bicyclic) bond motifs is 1. The van der Waals surface area contributed by atoms with Crippen LogP contribution in [0.1, 0.15) is 27.7 Å². The molecule has 2 aromatic carbocycles. The van der Waals surface area contributed by atoms with Gasteiger partial charge in [-0.05, 0) is 34.7 Å². The van der Waals surface area contributed by atoms with E-state index in [4.69, 9.17) is 0 Å². The maximum Gasteiger partial charge on any atom is 0.241 e. The minimum atomic E-state index is -3.79. The highest BCUT2D eigenvalue weighted by Crippen LogP contribution is 2.19. The maximum absolute atomic E-state index is 12.7. The molecule has 2 N–H and O–H groups in total. The summed E-state index contributed by atoms with van der Waals surface area (Å²) in [5.41, 5.74) is 0. The number of hydrogen-bond acceptors (Lipinski definition) is 3. The van der Waals surface area contributed by atoms with Crippen LogP contribution in [-0.4, -0.2) is 26.9 Å². The molecule has 2 rings (SSSR count). The Hall–Kier alpha value is -1.92. The third-order valence-electron chi connectivity index (χ3n) is 3.95. The van der Waals surface area contributed by atoms with Crippen molar-refractivity contribution in [1.29, 1.82) is 0 Å². The fourth-order valence-corrected chi connectivity index (χ4v) is 3.86. The molecule has 0 spiro atoms. The standard InChI is InChI=1S/C19H26N2O3S/c1-13(2)12-20-19(22)18(14(3)4)21-25(23,24)17-10-9-15-7-5-6-8-16(15)11-17/h5-11,13-14,18,21H,12H2,1-4H3,(H,20,22)/t18-/m1/s1. The van der Waals surface area contributed by atoms with Gasteiger partial charge in [0.15, 0.2) is 0 Å². The Balaban J connectivity index is 2.25. The van der Waals surface area contributed by atoms with Crippen molar-refractivity contribution in [2.75, 3.05) is 6.54 Å². The SMILES string of the molecule is CC(C)CNC(=O)[C@H](NS(=O)(=O)c1ccc2ccccc2c1)C(C)C. The molecule has 0 aromatic heterocycles. The molecular formula is C19H26N2O3S. The second-order valence-corrected chi connectivity index (χ2v) is 8.70. The first-order chi connectivity index (χ1) is 11.7. The maximum atomic E-state index is 12.7. The van der Waals surface area contributed by atoms with Crippen LogP contribution in [0.3, 0.4) is 0 Å². The third kappa shape index (κ3) is 5.03. The quantitative estimate of drug-likeness (QED) is 0.795. The van der Waals surface area contributed by atoms with E-state index in [-0.39, 0.29) is 16.7 Å². The van der Waals surface area contributed by atoms with Crippen molar-refractivity contribution in [3.63, 3.8) is 0 Å². The van der Waals surface area contributed by atoms with Crippen LogP contribution in [0.2, 0.25) is 0 Å². The van der Waals surface area contributed by atoms with Crippen molar-refractivity contribution in [1.82, 2.24) is 10.0 Å². The molecule has 1 atom stereocenters. The van der Waals surface area contributed by atoms with Gasteiger partial charge in [0.25, 0.3) is 0 Å². The van der Waals surface area contributed by atoms with Crippen LogP contribution in [0, 0.1) is 11.8 Å². The van der Waals surface area contributed by atoms with Gasteiger partial charge in [-0.2, -0.15) is 4.72 Å². The van der Waals surface area contributed by atoms with E-state index in [9.17, 15) is 13.2 Å². The number of carbonyl (C=O) groups is 1. The Morgan fingerprint density at radius 3 is 2.24 bits per heavy atom. The highest BCUT2D eigenvalue weighted by molar-refractivity contribution is 7.89. The fraction of sp³-hybridized carbons (Fsp3) is 0.421. The average molecular weight is 362 g/mol. The second-order valence-electron chi connectivity index (χ2n) is 6.99. The van der Waals surface area contributed by atoms with E-state index in [1.807, 2.05) is 52.0 Å². The summed E-state index contributed by atoms with van der Waals surface area (Å²) in [6.07, 6.45) is 0. The van der Waals surface area contributed by atoms with Gasteiger partial charge >= 0.3 is 0 Å². The number of carbonyl (C=O) groups excluding carboxylic acids is 1. The number of rotatable bonds is 7. The number of benzene rings is 2. The molecule has 1 amide bonds. The van der Waals surface area contributed by atoms with Crippen molar-refractivity contribution >= 4 is 26.7 Å². The lowest BCUT2D eigenvalue weighted by Gasteiger charge is -2.22. The first-order valence-electron chi connectivity index (χ1n) is 8.49. The van der Waals surface area contributed by atoms with Crippen molar-refractivity contribution in [2.45, 2.75) is 38.6 Å². The molecule has 0 aliphatic heterocycles. The number of hydrogen-bond donors (Lipinski definition) is 2. The van der Waals surface area contributed by atoms with E-state index in [1.54, 1.807) is 18.2 Å². The molecule has 6 heteroatoms. The lowest BCUT2D eigenvalue weighted by atomic mass is 10.0. The van der Waals surface area contributed by atoms with Gasteiger partial charge in [-0.3, -0.25) is 4.79 Å². The highest BCUT2D eigenvalue weighted by atomic mass is 32.2. The Morgan fingerprint density at radius 1 is 1.00 bits per heavy atom. The molecule has 0 unspecified atom stereocenters. The summed E-state index contributed by atoms with van der Waals surface area (Å²) in [4.78, 5) is 12.5. The normalized spacial score (nSPS) is 13.4. The van der Waals surface area contributed by atoms with E-state index in [0.29, 0.717) is 12.5 Å². The summed E-state index contributed by atoms with van der Waals surface area (Å²) in [6.45, 7) is 8.14. The van der Waals surface area contributed by atoms with Crippen LogP contribution < -0.4 is 10.0 Å². The molecule has 0 aliphatic rings. The molecule has 0 saturated carbocycles. The lowest BCUT2D eigenvalue weighted by Crippen LogP contribution is -2.50. The Kier molecular flexibility index (Phi) is 6.19. The van der Waals surface area contributed by atoms with Crippen molar-refractivity contribution in [2.24, 2.45) is 11.8 Å². The highest BCUT2D eigenvalue weighted by Gasteiger charge is 2.28. The second kappa shape index (κ2) is 7.97. The van der Waals surface area contributed by atoms with Gasteiger partial charge in [-0.25, -0.2) is 8.42 Å². The summed E-state index contributed by atoms with van der Waals surface area (Å²) in [7, 11) is -3.79. The number of nitrogens with one attached hydrogen (secondary N) is 2. The molecule has 0 saturated heterocycles. The number of amides is 1. The van der Waals surface area contributed by atoms with Crippen LogP contribution in [0.15, 0.2) is 47.4 Å². The third-order valence-corrected chi connectivity index (χ3v) is 5.39. The number of sulfonamides is 1. The summed E-state index contributed by atoms with van der Waals surface area (Å²) in [5, 5.41) is 4.61. The summed E-state index contributed by atoms with van der Waals surface area (Å²) in [5.74, 6) is -0.163. The summed E-state index contributed by atoms with van der Waals surface area (Å²) < 4.78 is 28.0. The zero-order chi connectivity index (χ0) is 18.6. The van der Waals surface area contributed by atoms with Crippen LogP contribution in [0.4, 0.5) is 0 Å². The molecule has 2 aromatic rings. The molecule has 0 heterocycles. The van der Waals surface area contributed by atoms with E-state index in [1.165, 1.54) is 0 Å². The summed E-state index contributed by atoms with van der Waals surface area (Å²) in [6, 6.07) is 11.7. The van der Waals surface area contributed by atoms with Crippen LogP contribution in [-0.2, 0) is 14.8 Å². The van der Waals surface area contributed by atoms with Gasteiger partial charge in [-0.15, -0.1) is 0 Å². The monoisotopic (exact) mass is 362 g/mol. The van der Waals surface area contributed by atoms with Crippen molar-refractivity contribution < 1.29 is 13.2 Å². The predicted molar refractivity (Wildman–Crippen MR) is 101 cm³/mol.